The zero-order valence-corrected chi connectivity index (χ0v) is 7.30. The quantitative estimate of drug-likeness (QED) is 0.472. The highest BCUT2D eigenvalue weighted by molar-refractivity contribution is 5.75. The summed E-state index contributed by atoms with van der Waals surface area (Å²) in [6.07, 6.45) is 2.43. The molecule has 0 unspecified atom stereocenters. The van der Waals surface area contributed by atoms with Gasteiger partial charge in [-0.3, -0.25) is 5.41 Å². The maximum atomic E-state index is 7.32. The van der Waals surface area contributed by atoms with E-state index in [0.29, 0.717) is 12.0 Å². The van der Waals surface area contributed by atoms with Crippen LogP contribution < -0.4 is 5.73 Å². The first-order chi connectivity index (χ1) is 5.11. The molecular weight excluding hydrogens is 138 g/mol. The molecule has 0 aromatic rings. The summed E-state index contributed by atoms with van der Waals surface area (Å²) in [7, 11) is 0. The monoisotopic (exact) mass is 155 g/mol. The number of nitrogens with zero attached hydrogens (tertiary/aromatic N) is 1. The lowest BCUT2D eigenvalue weighted by Gasteiger charge is -2.23. The van der Waals surface area contributed by atoms with Gasteiger partial charge in [-0.05, 0) is 18.8 Å². The molecule has 0 atom stereocenters. The van der Waals surface area contributed by atoms with Gasteiger partial charge in [-0.1, -0.05) is 13.8 Å². The van der Waals surface area contributed by atoms with E-state index in [-0.39, 0.29) is 5.96 Å². The largest absolute Gasteiger partial charge is 0.370 e. The lowest BCUT2D eigenvalue weighted by molar-refractivity contribution is 0.351. The van der Waals surface area contributed by atoms with Crippen molar-refractivity contribution in [2.45, 2.75) is 32.7 Å². The molecule has 0 aliphatic heterocycles. The lowest BCUT2D eigenvalue weighted by Crippen LogP contribution is -2.40. The zero-order chi connectivity index (χ0) is 8.43. The Morgan fingerprint density at radius 2 is 2.18 bits per heavy atom. The van der Waals surface area contributed by atoms with Gasteiger partial charge in [-0.15, -0.1) is 0 Å². The molecule has 3 heteroatoms. The fourth-order valence-corrected chi connectivity index (χ4v) is 1.22. The van der Waals surface area contributed by atoms with Crippen LogP contribution in [0.3, 0.4) is 0 Å². The summed E-state index contributed by atoms with van der Waals surface area (Å²) in [6, 6.07) is 0.579. The molecule has 0 spiro atoms. The van der Waals surface area contributed by atoms with Crippen LogP contribution in [0.15, 0.2) is 0 Å². The third kappa shape index (κ3) is 2.41. The fraction of sp³-hybridized carbons (Fsp3) is 0.875. The topological polar surface area (TPSA) is 53.1 Å². The summed E-state index contributed by atoms with van der Waals surface area (Å²) in [5.41, 5.74) is 5.44. The van der Waals surface area contributed by atoms with Gasteiger partial charge in [0.1, 0.15) is 0 Å². The molecule has 0 aromatic carbocycles. The fourth-order valence-electron chi connectivity index (χ4n) is 1.22. The van der Waals surface area contributed by atoms with Crippen molar-refractivity contribution in [3.63, 3.8) is 0 Å². The van der Waals surface area contributed by atoms with Gasteiger partial charge in [0.05, 0.1) is 0 Å². The highest BCUT2D eigenvalue weighted by atomic mass is 15.3. The molecule has 0 radical (unpaired) electrons. The van der Waals surface area contributed by atoms with E-state index in [0.717, 1.165) is 6.54 Å². The van der Waals surface area contributed by atoms with Crippen molar-refractivity contribution in [3.8, 4) is 0 Å². The van der Waals surface area contributed by atoms with Gasteiger partial charge in [-0.25, -0.2) is 0 Å². The summed E-state index contributed by atoms with van der Waals surface area (Å²) in [5, 5.41) is 7.32. The van der Waals surface area contributed by atoms with Crippen LogP contribution in [0.2, 0.25) is 0 Å². The van der Waals surface area contributed by atoms with Crippen molar-refractivity contribution in [1.29, 1.82) is 5.41 Å². The highest BCUT2D eigenvalue weighted by Crippen LogP contribution is 2.26. The molecule has 1 rings (SSSR count). The van der Waals surface area contributed by atoms with Gasteiger partial charge in [0, 0.05) is 12.6 Å². The van der Waals surface area contributed by atoms with Crippen molar-refractivity contribution in [2.75, 3.05) is 6.54 Å². The van der Waals surface area contributed by atoms with Gasteiger partial charge in [0.15, 0.2) is 5.96 Å². The molecule has 3 N–H and O–H groups in total. The predicted molar refractivity (Wildman–Crippen MR) is 46.5 cm³/mol. The predicted octanol–water partition coefficient (Wildman–Crippen LogP) is 1.00. The Labute approximate surface area is 68.1 Å². The number of hydrogen-bond donors (Lipinski definition) is 2. The Bertz CT molecular complexity index is 149. The number of nitrogens with one attached hydrogen (secondary N) is 1. The summed E-state index contributed by atoms with van der Waals surface area (Å²) in [6.45, 7) is 5.23. The highest BCUT2D eigenvalue weighted by Gasteiger charge is 2.29. The SMILES string of the molecule is CC(C)CN(C(=N)N)C1CC1. The van der Waals surface area contributed by atoms with E-state index in [2.05, 4.69) is 13.8 Å². The van der Waals surface area contributed by atoms with Crippen LogP contribution in [0.1, 0.15) is 26.7 Å². The maximum absolute atomic E-state index is 7.32. The summed E-state index contributed by atoms with van der Waals surface area (Å²) < 4.78 is 0. The first-order valence-electron chi connectivity index (χ1n) is 4.22. The Morgan fingerprint density at radius 1 is 1.64 bits per heavy atom. The van der Waals surface area contributed by atoms with E-state index in [1.54, 1.807) is 0 Å². The standard InChI is InChI=1S/C8H17N3/c1-6(2)5-11(8(9)10)7-3-4-7/h6-7H,3-5H2,1-2H3,(H3,9,10). The molecule has 0 amide bonds. The third-order valence-corrected chi connectivity index (χ3v) is 1.86. The second-order valence-electron chi connectivity index (χ2n) is 3.66. The zero-order valence-electron chi connectivity index (χ0n) is 7.30. The molecular formula is C8H17N3. The van der Waals surface area contributed by atoms with Crippen LogP contribution in [-0.4, -0.2) is 23.4 Å². The van der Waals surface area contributed by atoms with Gasteiger partial charge >= 0.3 is 0 Å². The minimum absolute atomic E-state index is 0.237. The van der Waals surface area contributed by atoms with Crippen LogP contribution in [0.25, 0.3) is 0 Å². The Morgan fingerprint density at radius 3 is 2.45 bits per heavy atom. The molecule has 11 heavy (non-hydrogen) atoms. The summed E-state index contributed by atoms with van der Waals surface area (Å²) >= 11 is 0. The molecule has 1 aliphatic carbocycles. The average molecular weight is 155 g/mol. The van der Waals surface area contributed by atoms with E-state index >= 15 is 0 Å². The Hall–Kier alpha value is -0.730. The van der Waals surface area contributed by atoms with Gasteiger partial charge in [0.25, 0.3) is 0 Å². The smallest absolute Gasteiger partial charge is 0.188 e. The van der Waals surface area contributed by atoms with E-state index in [9.17, 15) is 0 Å². The Kier molecular flexibility index (Phi) is 2.37. The number of hydrogen-bond acceptors (Lipinski definition) is 1. The van der Waals surface area contributed by atoms with Crippen LogP contribution in [0.5, 0.6) is 0 Å². The summed E-state index contributed by atoms with van der Waals surface area (Å²) in [4.78, 5) is 2.00. The molecule has 0 bridgehead atoms. The average Bonchev–Trinajstić information content (AvgIpc) is 2.63. The summed E-state index contributed by atoms with van der Waals surface area (Å²) in [5.74, 6) is 0.834. The van der Waals surface area contributed by atoms with E-state index in [1.807, 2.05) is 4.90 Å². The van der Waals surface area contributed by atoms with Crippen molar-refractivity contribution < 1.29 is 0 Å². The third-order valence-electron chi connectivity index (χ3n) is 1.86. The second-order valence-corrected chi connectivity index (χ2v) is 3.66. The lowest BCUT2D eigenvalue weighted by atomic mass is 10.2. The number of nitrogens with two attached hydrogens (primary N) is 1. The van der Waals surface area contributed by atoms with Crippen molar-refractivity contribution in [2.24, 2.45) is 11.7 Å². The van der Waals surface area contributed by atoms with E-state index < -0.39 is 0 Å². The maximum Gasteiger partial charge on any atom is 0.188 e. The van der Waals surface area contributed by atoms with Crippen molar-refractivity contribution >= 4 is 5.96 Å². The first-order valence-corrected chi connectivity index (χ1v) is 4.22. The number of rotatable bonds is 3. The Balaban J connectivity index is 2.38. The number of guanidine groups is 1. The van der Waals surface area contributed by atoms with E-state index in [1.165, 1.54) is 12.8 Å². The minimum atomic E-state index is 0.237. The van der Waals surface area contributed by atoms with Gasteiger partial charge in [0.2, 0.25) is 0 Å². The van der Waals surface area contributed by atoms with Gasteiger partial charge in [-0.2, -0.15) is 0 Å². The van der Waals surface area contributed by atoms with Crippen LogP contribution in [0, 0.1) is 11.3 Å². The molecule has 0 aromatic heterocycles. The molecule has 64 valence electrons. The second kappa shape index (κ2) is 3.11. The van der Waals surface area contributed by atoms with E-state index in [4.69, 9.17) is 11.1 Å². The molecule has 1 aliphatic rings. The molecule has 0 saturated heterocycles. The molecule has 1 fully saturated rings. The van der Waals surface area contributed by atoms with Crippen LogP contribution in [0.4, 0.5) is 0 Å². The van der Waals surface area contributed by atoms with Crippen LogP contribution in [-0.2, 0) is 0 Å². The van der Waals surface area contributed by atoms with Crippen molar-refractivity contribution in [3.05, 3.63) is 0 Å². The molecule has 3 nitrogen and oxygen atoms in total. The minimum Gasteiger partial charge on any atom is -0.370 e. The van der Waals surface area contributed by atoms with Crippen LogP contribution >= 0.6 is 0 Å². The van der Waals surface area contributed by atoms with Crippen molar-refractivity contribution in [1.82, 2.24) is 4.90 Å². The first kappa shape index (κ1) is 8.37. The molecule has 0 heterocycles. The normalized spacial score (nSPS) is 17.0. The van der Waals surface area contributed by atoms with Gasteiger partial charge < -0.3 is 10.6 Å². The molecule has 1 saturated carbocycles.